The second kappa shape index (κ2) is 8.59. The van der Waals surface area contributed by atoms with E-state index in [1.807, 2.05) is 0 Å². The largest absolute Gasteiger partial charge is 0.451 e. The predicted molar refractivity (Wildman–Crippen MR) is 105 cm³/mol. The van der Waals surface area contributed by atoms with Crippen LogP contribution in [0.4, 0.5) is 11.4 Å². The summed E-state index contributed by atoms with van der Waals surface area (Å²) in [5, 5.41) is 15.9. The second-order valence-electron chi connectivity index (χ2n) is 5.45. The lowest BCUT2D eigenvalue weighted by molar-refractivity contribution is -0.383. The molecule has 8 nitrogen and oxygen atoms in total. The molecule has 2 aromatic carbocycles. The van der Waals surface area contributed by atoms with E-state index in [-0.39, 0.29) is 17.1 Å². The van der Waals surface area contributed by atoms with Crippen LogP contribution in [-0.2, 0) is 9.53 Å². The van der Waals surface area contributed by atoms with Crippen molar-refractivity contribution in [3.8, 4) is 10.6 Å². The zero-order chi connectivity index (χ0) is 20.1. The number of carbonyl (C=O) groups excluding carboxylic acids is 2. The van der Waals surface area contributed by atoms with Gasteiger partial charge in [0.1, 0.15) is 10.7 Å². The molecule has 0 saturated heterocycles. The first-order chi connectivity index (χ1) is 13.4. The Labute approximate surface area is 167 Å². The van der Waals surface area contributed by atoms with Gasteiger partial charge in [-0.1, -0.05) is 35.9 Å². The van der Waals surface area contributed by atoms with E-state index < -0.39 is 23.4 Å². The minimum Gasteiger partial charge on any atom is -0.451 e. The molecule has 10 heteroatoms. The Morgan fingerprint density at radius 1 is 1.21 bits per heavy atom. The molecule has 1 aromatic heterocycles. The Kier molecular flexibility index (Phi) is 5.97. The zero-order valence-corrected chi connectivity index (χ0v) is 15.7. The third-order valence-electron chi connectivity index (χ3n) is 3.49. The molecule has 0 saturated carbocycles. The maximum Gasteiger partial charge on any atom is 0.358 e. The van der Waals surface area contributed by atoms with Gasteiger partial charge in [-0.05, 0) is 18.2 Å². The van der Waals surface area contributed by atoms with Crippen molar-refractivity contribution in [1.82, 2.24) is 4.98 Å². The molecule has 0 fully saturated rings. The number of carbonyl (C=O) groups is 2. The summed E-state index contributed by atoms with van der Waals surface area (Å²) in [6.07, 6.45) is 0. The molecule has 0 spiro atoms. The van der Waals surface area contributed by atoms with Gasteiger partial charge < -0.3 is 10.1 Å². The molecule has 0 aliphatic heterocycles. The standard InChI is InChI=1S/C18H12ClN3O5S/c19-12-5-3-4-11(8-12)17-21-14(10-28-17)18(24)27-9-16(23)20-13-6-1-2-7-15(13)22(25)26/h1-8,10H,9H2,(H,20,23). The van der Waals surface area contributed by atoms with Gasteiger partial charge in [-0.15, -0.1) is 11.3 Å². The van der Waals surface area contributed by atoms with E-state index >= 15 is 0 Å². The molecule has 1 N–H and O–H groups in total. The third kappa shape index (κ3) is 4.70. The number of esters is 1. The number of nitrogens with zero attached hydrogens (tertiary/aromatic N) is 2. The molecule has 0 bridgehead atoms. The van der Waals surface area contributed by atoms with E-state index in [0.29, 0.717) is 10.0 Å². The van der Waals surface area contributed by atoms with Crippen molar-refractivity contribution in [3.63, 3.8) is 0 Å². The molecule has 28 heavy (non-hydrogen) atoms. The topological polar surface area (TPSA) is 111 Å². The fourth-order valence-corrected chi connectivity index (χ4v) is 3.23. The van der Waals surface area contributed by atoms with Crippen LogP contribution >= 0.6 is 22.9 Å². The van der Waals surface area contributed by atoms with E-state index in [2.05, 4.69) is 10.3 Å². The molecular formula is C18H12ClN3O5S. The molecule has 1 amide bonds. The normalized spacial score (nSPS) is 10.3. The van der Waals surface area contributed by atoms with Crippen LogP contribution in [0.2, 0.25) is 5.02 Å². The Morgan fingerprint density at radius 3 is 2.75 bits per heavy atom. The molecule has 1 heterocycles. The lowest BCUT2D eigenvalue weighted by atomic mass is 10.2. The Balaban J connectivity index is 1.60. The number of halogens is 1. The third-order valence-corrected chi connectivity index (χ3v) is 4.62. The van der Waals surface area contributed by atoms with Crippen molar-refractivity contribution < 1.29 is 19.2 Å². The van der Waals surface area contributed by atoms with Crippen molar-refractivity contribution in [2.75, 3.05) is 11.9 Å². The second-order valence-corrected chi connectivity index (χ2v) is 6.74. The molecule has 3 aromatic rings. The highest BCUT2D eigenvalue weighted by molar-refractivity contribution is 7.13. The molecule has 142 valence electrons. The van der Waals surface area contributed by atoms with Gasteiger partial charge in [-0.3, -0.25) is 14.9 Å². The Morgan fingerprint density at radius 2 is 2.00 bits per heavy atom. The molecule has 0 aliphatic rings. The summed E-state index contributed by atoms with van der Waals surface area (Å²) >= 11 is 7.18. The van der Waals surface area contributed by atoms with Crippen LogP contribution in [0, 0.1) is 10.1 Å². The quantitative estimate of drug-likeness (QED) is 0.366. The number of nitro benzene ring substituents is 1. The SMILES string of the molecule is O=C(COC(=O)c1csc(-c2cccc(Cl)c2)n1)Nc1ccccc1[N+](=O)[O-]. The van der Waals surface area contributed by atoms with E-state index in [0.717, 1.165) is 5.56 Å². The summed E-state index contributed by atoms with van der Waals surface area (Å²) in [5.74, 6) is -1.48. The molecular weight excluding hydrogens is 406 g/mol. The van der Waals surface area contributed by atoms with Crippen LogP contribution in [0.5, 0.6) is 0 Å². The van der Waals surface area contributed by atoms with Crippen LogP contribution in [0.1, 0.15) is 10.5 Å². The smallest absolute Gasteiger partial charge is 0.358 e. The van der Waals surface area contributed by atoms with Gasteiger partial charge in [0, 0.05) is 22.0 Å². The number of hydrogen-bond donors (Lipinski definition) is 1. The highest BCUT2D eigenvalue weighted by atomic mass is 35.5. The first-order valence-electron chi connectivity index (χ1n) is 7.86. The maximum absolute atomic E-state index is 12.1. The number of rotatable bonds is 6. The van der Waals surface area contributed by atoms with Crippen LogP contribution in [0.3, 0.4) is 0 Å². The number of thiazole rings is 1. The van der Waals surface area contributed by atoms with Gasteiger partial charge in [0.05, 0.1) is 4.92 Å². The Bertz CT molecular complexity index is 1050. The molecule has 0 atom stereocenters. The minimum atomic E-state index is -0.776. The number of benzene rings is 2. The van der Waals surface area contributed by atoms with Crippen LogP contribution in [0.25, 0.3) is 10.6 Å². The van der Waals surface area contributed by atoms with Gasteiger partial charge in [0.2, 0.25) is 0 Å². The van der Waals surface area contributed by atoms with Gasteiger partial charge in [0.15, 0.2) is 12.3 Å². The fourth-order valence-electron chi connectivity index (χ4n) is 2.25. The number of ether oxygens (including phenoxy) is 1. The summed E-state index contributed by atoms with van der Waals surface area (Å²) < 4.78 is 4.93. The highest BCUT2D eigenvalue weighted by Crippen LogP contribution is 2.26. The number of aromatic nitrogens is 1. The number of para-hydroxylation sites is 2. The highest BCUT2D eigenvalue weighted by Gasteiger charge is 2.18. The molecule has 0 aliphatic carbocycles. The van der Waals surface area contributed by atoms with Gasteiger partial charge in [0.25, 0.3) is 11.6 Å². The van der Waals surface area contributed by atoms with Crippen molar-refractivity contribution in [3.05, 3.63) is 74.7 Å². The van der Waals surface area contributed by atoms with Crippen molar-refractivity contribution in [2.24, 2.45) is 0 Å². The lowest BCUT2D eigenvalue weighted by Gasteiger charge is -2.06. The van der Waals surface area contributed by atoms with Gasteiger partial charge in [-0.25, -0.2) is 9.78 Å². The first-order valence-corrected chi connectivity index (χ1v) is 9.11. The zero-order valence-electron chi connectivity index (χ0n) is 14.1. The molecule has 0 unspecified atom stereocenters. The Hall–Kier alpha value is -3.30. The van der Waals surface area contributed by atoms with E-state index in [1.54, 1.807) is 30.3 Å². The van der Waals surface area contributed by atoms with E-state index in [4.69, 9.17) is 16.3 Å². The predicted octanol–water partition coefficient (Wildman–Crippen LogP) is 4.17. The van der Waals surface area contributed by atoms with Crippen LogP contribution in [-0.4, -0.2) is 28.4 Å². The summed E-state index contributed by atoms with van der Waals surface area (Å²) in [6, 6.07) is 12.7. The van der Waals surface area contributed by atoms with Gasteiger partial charge in [-0.2, -0.15) is 0 Å². The number of nitro groups is 1. The first kappa shape index (κ1) is 19.5. The maximum atomic E-state index is 12.1. The summed E-state index contributed by atoms with van der Waals surface area (Å²) in [6.45, 7) is -0.602. The van der Waals surface area contributed by atoms with Crippen LogP contribution < -0.4 is 5.32 Å². The van der Waals surface area contributed by atoms with Gasteiger partial charge >= 0.3 is 5.97 Å². The lowest BCUT2D eigenvalue weighted by Crippen LogP contribution is -2.21. The number of anilines is 1. The van der Waals surface area contributed by atoms with E-state index in [1.165, 1.54) is 34.9 Å². The summed E-state index contributed by atoms with van der Waals surface area (Å²) in [7, 11) is 0. The van der Waals surface area contributed by atoms with Crippen molar-refractivity contribution >= 4 is 46.2 Å². The fraction of sp³-hybridized carbons (Fsp3) is 0.0556. The van der Waals surface area contributed by atoms with E-state index in [9.17, 15) is 19.7 Å². The average Bonchev–Trinajstić information content (AvgIpc) is 3.17. The summed E-state index contributed by atoms with van der Waals surface area (Å²) in [5.41, 5.74) is 0.572. The number of amides is 1. The molecule has 3 rings (SSSR count). The molecule has 0 radical (unpaired) electrons. The monoisotopic (exact) mass is 417 g/mol. The minimum absolute atomic E-state index is 0.0189. The number of hydrogen-bond acceptors (Lipinski definition) is 7. The van der Waals surface area contributed by atoms with Crippen molar-refractivity contribution in [1.29, 1.82) is 0 Å². The average molecular weight is 418 g/mol. The van der Waals surface area contributed by atoms with Crippen molar-refractivity contribution in [2.45, 2.75) is 0 Å². The summed E-state index contributed by atoms with van der Waals surface area (Å²) in [4.78, 5) is 38.6. The van der Waals surface area contributed by atoms with Crippen LogP contribution in [0.15, 0.2) is 53.9 Å². The number of nitrogens with one attached hydrogen (secondary N) is 1.